The van der Waals surface area contributed by atoms with Gasteiger partial charge in [0.25, 0.3) is 5.91 Å². The smallest absolute Gasteiger partial charge is 0.268 e. The molecule has 1 aromatic heterocycles. The lowest BCUT2D eigenvalue weighted by Crippen LogP contribution is -2.13. The monoisotopic (exact) mass is 414 g/mol. The summed E-state index contributed by atoms with van der Waals surface area (Å²) in [5, 5.41) is 31.1. The minimum absolute atomic E-state index is 0.00282. The van der Waals surface area contributed by atoms with Gasteiger partial charge in [-0.3, -0.25) is 10.1 Å². The molecule has 1 aromatic carbocycles. The number of nitrogens with zero attached hydrogens (tertiary/aromatic N) is 3. The van der Waals surface area contributed by atoms with Crippen LogP contribution < -0.4 is 10.1 Å². The van der Waals surface area contributed by atoms with Gasteiger partial charge < -0.3 is 9.84 Å². The molecule has 0 saturated carbocycles. The molecule has 154 valence electrons. The molecule has 2 N–H and O–H groups in total. The second-order valence-electron chi connectivity index (χ2n) is 6.45. The van der Waals surface area contributed by atoms with Crippen LogP contribution in [0.2, 0.25) is 0 Å². The Kier molecular flexibility index (Phi) is 9.12. The molecule has 7 nitrogen and oxygen atoms in total. The zero-order valence-corrected chi connectivity index (χ0v) is 17.6. The molecule has 0 bridgehead atoms. The maximum absolute atomic E-state index is 12.4. The highest BCUT2D eigenvalue weighted by molar-refractivity contribution is 7.15. The number of rotatable bonds is 11. The van der Waals surface area contributed by atoms with Crippen molar-refractivity contribution >= 4 is 28.5 Å². The van der Waals surface area contributed by atoms with Gasteiger partial charge in [0, 0.05) is 6.42 Å². The average Bonchev–Trinajstić information content (AvgIpc) is 3.15. The number of hydrogen-bond acceptors (Lipinski definition) is 7. The number of anilines is 1. The molecular weight excluding hydrogens is 388 g/mol. The van der Waals surface area contributed by atoms with Crippen LogP contribution in [0.4, 0.5) is 5.13 Å². The lowest BCUT2D eigenvalue weighted by molar-refractivity contribution is -0.112. The normalized spacial score (nSPS) is 11.1. The molecular formula is C21H26N4O3S. The van der Waals surface area contributed by atoms with Gasteiger partial charge in [0.15, 0.2) is 11.5 Å². The van der Waals surface area contributed by atoms with E-state index in [0.717, 1.165) is 24.3 Å². The fourth-order valence-corrected chi connectivity index (χ4v) is 3.43. The Balaban J connectivity index is 1.99. The fraction of sp³-hybridized carbons (Fsp3) is 0.429. The van der Waals surface area contributed by atoms with Gasteiger partial charge in [-0.2, -0.15) is 5.26 Å². The lowest BCUT2D eigenvalue weighted by atomic mass is 10.1. The molecule has 0 spiro atoms. The Labute approximate surface area is 175 Å². The summed E-state index contributed by atoms with van der Waals surface area (Å²) in [5.74, 6) is -0.251. The standard InChI is InChI=1S/C21H26N4O3S/c1-3-5-6-7-8-9-19-24-25-21(29-19)23-20(27)16(14-22)12-15-10-11-17(26)18(13-15)28-4-2/h10-13,26H,3-9H2,1-2H3,(H,23,25,27)/b16-12-. The van der Waals surface area contributed by atoms with Gasteiger partial charge in [-0.25, -0.2) is 0 Å². The van der Waals surface area contributed by atoms with Crippen LogP contribution in [0.3, 0.4) is 0 Å². The van der Waals surface area contributed by atoms with Crippen LogP contribution >= 0.6 is 11.3 Å². The van der Waals surface area contributed by atoms with Crippen molar-refractivity contribution in [2.24, 2.45) is 0 Å². The molecule has 0 unspecified atom stereocenters. The van der Waals surface area contributed by atoms with Crippen LogP contribution in [0.15, 0.2) is 23.8 Å². The highest BCUT2D eigenvalue weighted by atomic mass is 32.1. The van der Waals surface area contributed by atoms with Gasteiger partial charge >= 0.3 is 0 Å². The highest BCUT2D eigenvalue weighted by Gasteiger charge is 2.13. The van der Waals surface area contributed by atoms with Gasteiger partial charge in [-0.1, -0.05) is 50.0 Å². The number of aromatic hydroxyl groups is 1. The Morgan fingerprint density at radius 3 is 2.79 bits per heavy atom. The number of aryl methyl sites for hydroxylation is 1. The van der Waals surface area contributed by atoms with E-state index >= 15 is 0 Å². The van der Waals surface area contributed by atoms with Crippen LogP contribution in [-0.2, 0) is 11.2 Å². The van der Waals surface area contributed by atoms with Crippen molar-refractivity contribution in [1.29, 1.82) is 5.26 Å². The summed E-state index contributed by atoms with van der Waals surface area (Å²) in [6.45, 7) is 4.38. The molecule has 1 heterocycles. The fourth-order valence-electron chi connectivity index (χ4n) is 2.66. The van der Waals surface area contributed by atoms with Crippen LogP contribution in [0.25, 0.3) is 6.08 Å². The van der Waals surface area contributed by atoms with E-state index in [1.54, 1.807) is 19.1 Å². The molecule has 0 saturated heterocycles. The zero-order chi connectivity index (χ0) is 21.1. The number of phenolic OH excluding ortho intramolecular Hbond substituents is 1. The molecule has 0 fully saturated rings. The Bertz CT molecular complexity index is 886. The number of amides is 1. The maximum Gasteiger partial charge on any atom is 0.268 e. The summed E-state index contributed by atoms with van der Waals surface area (Å²) >= 11 is 1.33. The van der Waals surface area contributed by atoms with E-state index < -0.39 is 5.91 Å². The molecule has 0 aliphatic carbocycles. The summed E-state index contributed by atoms with van der Waals surface area (Å²) in [7, 11) is 0. The van der Waals surface area contributed by atoms with Crippen LogP contribution in [0.5, 0.6) is 11.5 Å². The van der Waals surface area contributed by atoms with Crippen molar-refractivity contribution in [3.8, 4) is 17.6 Å². The third-order valence-electron chi connectivity index (χ3n) is 4.14. The highest BCUT2D eigenvalue weighted by Crippen LogP contribution is 2.28. The van der Waals surface area contributed by atoms with E-state index in [-0.39, 0.29) is 11.3 Å². The number of phenols is 1. The number of nitrogens with one attached hydrogen (secondary N) is 1. The number of benzene rings is 1. The predicted octanol–water partition coefficient (Wildman–Crippen LogP) is 4.70. The molecule has 2 rings (SSSR count). The van der Waals surface area contributed by atoms with Crippen LogP contribution in [0, 0.1) is 11.3 Å². The molecule has 8 heteroatoms. The number of ether oxygens (including phenoxy) is 1. The lowest BCUT2D eigenvalue weighted by Gasteiger charge is -2.06. The van der Waals surface area contributed by atoms with E-state index in [4.69, 9.17) is 4.74 Å². The predicted molar refractivity (Wildman–Crippen MR) is 114 cm³/mol. The number of hydrogen-bond donors (Lipinski definition) is 2. The molecule has 29 heavy (non-hydrogen) atoms. The average molecular weight is 415 g/mol. The van der Waals surface area contributed by atoms with Gasteiger partial charge in [0.05, 0.1) is 6.61 Å². The van der Waals surface area contributed by atoms with Crippen molar-refractivity contribution in [3.05, 3.63) is 34.3 Å². The Morgan fingerprint density at radius 2 is 2.07 bits per heavy atom. The van der Waals surface area contributed by atoms with Crippen molar-refractivity contribution in [2.45, 2.75) is 52.4 Å². The minimum Gasteiger partial charge on any atom is -0.504 e. The van der Waals surface area contributed by atoms with Crippen LogP contribution in [0.1, 0.15) is 56.5 Å². The van der Waals surface area contributed by atoms with Gasteiger partial charge in [0.2, 0.25) is 5.13 Å². The van der Waals surface area contributed by atoms with E-state index in [1.807, 2.05) is 6.07 Å². The van der Waals surface area contributed by atoms with E-state index in [0.29, 0.717) is 23.1 Å². The SMILES string of the molecule is CCCCCCCc1nnc(NC(=O)/C(C#N)=C\c2ccc(O)c(OCC)c2)s1. The third kappa shape index (κ3) is 7.20. The maximum atomic E-state index is 12.4. The van der Waals surface area contributed by atoms with Crippen LogP contribution in [-0.4, -0.2) is 27.8 Å². The molecule has 0 aliphatic rings. The molecule has 1 amide bonds. The summed E-state index contributed by atoms with van der Waals surface area (Å²) in [6.07, 6.45) is 8.16. The Hall–Kier alpha value is -2.92. The molecule has 0 radical (unpaired) electrons. The molecule has 0 atom stereocenters. The first-order valence-electron chi connectivity index (χ1n) is 9.78. The molecule has 2 aromatic rings. The number of unbranched alkanes of at least 4 members (excludes halogenated alkanes) is 4. The minimum atomic E-state index is -0.552. The quantitative estimate of drug-likeness (QED) is 0.313. The summed E-state index contributed by atoms with van der Waals surface area (Å²) in [6, 6.07) is 6.53. The first kappa shape index (κ1) is 22.4. The number of carbonyl (C=O) groups excluding carboxylic acids is 1. The number of carbonyl (C=O) groups is 1. The second-order valence-corrected chi connectivity index (χ2v) is 7.51. The van der Waals surface area contributed by atoms with E-state index in [9.17, 15) is 15.2 Å². The summed E-state index contributed by atoms with van der Waals surface area (Å²) in [4.78, 5) is 12.4. The van der Waals surface area contributed by atoms with Gasteiger partial charge in [-0.15, -0.1) is 10.2 Å². The number of nitriles is 1. The summed E-state index contributed by atoms with van der Waals surface area (Å²) < 4.78 is 5.33. The van der Waals surface area contributed by atoms with Gasteiger partial charge in [0.1, 0.15) is 16.6 Å². The van der Waals surface area contributed by atoms with Crippen molar-refractivity contribution in [3.63, 3.8) is 0 Å². The molecule has 0 aliphatic heterocycles. The first-order chi connectivity index (χ1) is 14.1. The third-order valence-corrected chi connectivity index (χ3v) is 5.04. The van der Waals surface area contributed by atoms with E-state index in [1.165, 1.54) is 42.7 Å². The van der Waals surface area contributed by atoms with E-state index in [2.05, 4.69) is 22.4 Å². The number of aromatic nitrogens is 2. The second kappa shape index (κ2) is 11.8. The van der Waals surface area contributed by atoms with Crippen molar-refractivity contribution < 1.29 is 14.6 Å². The largest absolute Gasteiger partial charge is 0.504 e. The van der Waals surface area contributed by atoms with Gasteiger partial charge in [-0.05, 0) is 37.1 Å². The first-order valence-corrected chi connectivity index (χ1v) is 10.6. The topological polar surface area (TPSA) is 108 Å². The van der Waals surface area contributed by atoms with Crippen molar-refractivity contribution in [2.75, 3.05) is 11.9 Å². The van der Waals surface area contributed by atoms with Crippen molar-refractivity contribution in [1.82, 2.24) is 10.2 Å². The Morgan fingerprint density at radius 1 is 1.28 bits per heavy atom. The zero-order valence-electron chi connectivity index (χ0n) is 16.8. The summed E-state index contributed by atoms with van der Waals surface area (Å²) in [5.41, 5.74) is 0.498.